The molecule has 0 N–H and O–H groups in total. The maximum atomic E-state index is 9.87. The van der Waals surface area contributed by atoms with Gasteiger partial charge in [0.05, 0.1) is 11.1 Å². The van der Waals surface area contributed by atoms with Crippen LogP contribution in [0.4, 0.5) is 50.4 Å². The molecule has 0 radical (unpaired) electrons. The second kappa shape index (κ2) is 14.6. The predicted molar refractivity (Wildman–Crippen MR) is 221 cm³/mol. The molecule has 0 unspecified atom stereocenters. The van der Waals surface area contributed by atoms with Crippen LogP contribution in [0.1, 0.15) is 0 Å². The van der Waals surface area contributed by atoms with Crippen molar-refractivity contribution in [3.63, 3.8) is 0 Å². The van der Waals surface area contributed by atoms with Crippen molar-refractivity contribution < 1.29 is 59.5 Å². The van der Waals surface area contributed by atoms with Crippen molar-refractivity contribution in [2.45, 2.75) is 0 Å². The Morgan fingerprint density at radius 3 is 0.823 bits per heavy atom. The van der Waals surface area contributed by atoms with E-state index in [0.717, 1.165) is 67.6 Å². The normalized spacial score (nSPS) is 14.0. The van der Waals surface area contributed by atoms with Crippen LogP contribution in [0.25, 0.3) is 67.6 Å². The molecule has 0 saturated heterocycles. The molecule has 18 heteroatoms. The summed E-state index contributed by atoms with van der Waals surface area (Å²) in [4.78, 5) is 0. The maximum absolute atomic E-state index is 10.7. The summed E-state index contributed by atoms with van der Waals surface area (Å²) >= 11 is 0. The Hall–Kier alpha value is -6.50. The average molecular weight is 907 g/mol. The van der Waals surface area contributed by atoms with Gasteiger partial charge in [-0.25, -0.2) is 0 Å². The largest absolute Gasteiger partial charge is 0.300 e. The second-order valence-corrected chi connectivity index (χ2v) is 17.6. The van der Waals surface area contributed by atoms with Crippen LogP contribution in [-0.2, 0) is 0 Å². The molecule has 0 aliphatic rings. The molecule has 0 aliphatic heterocycles. The Kier molecular flexibility index (Phi) is 10.2. The van der Waals surface area contributed by atoms with E-state index in [2.05, 4.69) is 212 Å². The summed E-state index contributed by atoms with van der Waals surface area (Å²) in [5.74, 6) is 2.19. The quantitative estimate of drug-likeness (QED) is 0.0899. The summed E-state index contributed by atoms with van der Waals surface area (Å²) in [5.41, 5.74) is 11.3. The number of nitrogens with zero attached hydrogens (tertiary/aromatic N) is 4. The van der Waals surface area contributed by atoms with Gasteiger partial charge in [0, 0.05) is 0 Å². The number of hydrogen-bond donors (Lipinski definition) is 0. The predicted octanol–water partition coefficient (Wildman–Crippen LogP) is 16.2. The van der Waals surface area contributed by atoms with Gasteiger partial charge in [-0.15, -0.1) is 0 Å². The summed E-state index contributed by atoms with van der Waals surface area (Å²) in [5, 5.41) is 0. The van der Waals surface area contributed by atoms with Crippen LogP contribution in [0, 0.1) is 0 Å². The standard InChI is InChI=1S/C44H32N4.2F6P/c1-5-17-35(18-6-1)45-39-25-13-14-26-40(39)46(36-19-7-2-8-20-36)43(45)33-29-31-34(32-30-33)44-47(37-21-9-3-10-22-37)41-27-15-16-28-42(41)48(44)38-23-11-4-12-24-38;2*1-7(2,3,4,5)6/h1-32H;;/q+2;2*-1. The number of fused-ring (bicyclic) bond motifs is 2. The first kappa shape index (κ1) is 43.6. The van der Waals surface area contributed by atoms with E-state index in [0.29, 0.717) is 0 Å². The molecule has 2 aromatic heterocycles. The molecule has 0 bridgehead atoms. The number of para-hydroxylation sites is 8. The Balaban J connectivity index is 0.000000359. The molecule has 62 heavy (non-hydrogen) atoms. The SMILES string of the molecule is F[P-](F)(F)(F)(F)F.F[P-](F)(F)(F)(F)F.c1ccc(-n2c(-c3ccc(-c4n(-c5ccccc5)c5ccccc5[n+]4-c4ccccc4)cc3)[n+](-c3ccccc3)c3ccccc32)cc1. The van der Waals surface area contributed by atoms with Crippen LogP contribution in [0.3, 0.4) is 0 Å². The van der Waals surface area contributed by atoms with E-state index in [9.17, 15) is 50.4 Å². The fraction of sp³-hybridized carbons (Fsp3) is 0. The molecular weight excluding hydrogens is 874 g/mol. The van der Waals surface area contributed by atoms with Crippen molar-refractivity contribution in [1.29, 1.82) is 0 Å². The average Bonchev–Trinajstić information content (AvgIpc) is 3.74. The fourth-order valence-electron chi connectivity index (χ4n) is 6.98. The van der Waals surface area contributed by atoms with Gasteiger partial charge in [-0.1, -0.05) is 97.1 Å². The van der Waals surface area contributed by atoms with Crippen LogP contribution < -0.4 is 9.13 Å². The van der Waals surface area contributed by atoms with Gasteiger partial charge in [-0.2, -0.15) is 18.3 Å². The molecule has 9 aromatic rings. The molecule has 4 nitrogen and oxygen atoms in total. The van der Waals surface area contributed by atoms with E-state index in [-0.39, 0.29) is 0 Å². The van der Waals surface area contributed by atoms with Crippen molar-refractivity contribution in [2.24, 2.45) is 0 Å². The third kappa shape index (κ3) is 11.4. The minimum absolute atomic E-state index is 1.10. The molecule has 0 spiro atoms. The zero-order valence-electron chi connectivity index (χ0n) is 31.7. The molecule has 322 valence electrons. The van der Waals surface area contributed by atoms with Gasteiger partial charge in [-0.3, -0.25) is 0 Å². The number of aromatic nitrogens is 4. The summed E-state index contributed by atoms with van der Waals surface area (Å²) in [6, 6.07) is 69.0. The van der Waals surface area contributed by atoms with E-state index < -0.39 is 15.6 Å². The Bertz CT molecular complexity index is 2630. The first-order valence-electron chi connectivity index (χ1n) is 18.3. The molecule has 7 aromatic carbocycles. The minimum Gasteiger partial charge on any atom is -0.188 e. The van der Waals surface area contributed by atoms with E-state index in [1.54, 1.807) is 0 Å². The molecule has 0 fully saturated rings. The minimum atomic E-state index is -10.7. The van der Waals surface area contributed by atoms with Crippen molar-refractivity contribution >= 4 is 37.7 Å². The number of halogens is 12. The molecule has 0 atom stereocenters. The van der Waals surface area contributed by atoms with Crippen molar-refractivity contribution in [3.8, 4) is 45.5 Å². The Labute approximate surface area is 345 Å². The van der Waals surface area contributed by atoms with Gasteiger partial charge in [-0.05, 0) is 97.1 Å². The fourth-order valence-corrected chi connectivity index (χ4v) is 6.98. The number of imidazole rings is 2. The summed E-state index contributed by atoms with van der Waals surface area (Å²) in [6.45, 7) is 0. The molecule has 0 amide bonds. The topological polar surface area (TPSA) is 17.6 Å². The summed E-state index contributed by atoms with van der Waals surface area (Å²) in [7, 11) is -21.3. The monoisotopic (exact) mass is 906 g/mol. The number of rotatable bonds is 6. The van der Waals surface area contributed by atoms with Crippen LogP contribution >= 0.6 is 15.6 Å². The van der Waals surface area contributed by atoms with Crippen LogP contribution in [0.2, 0.25) is 0 Å². The zero-order valence-corrected chi connectivity index (χ0v) is 33.5. The molecular formula is C44H32F12N4P2. The molecule has 2 heterocycles. The van der Waals surface area contributed by atoms with E-state index in [1.165, 1.54) is 0 Å². The van der Waals surface area contributed by atoms with Gasteiger partial charge in [0.2, 0.25) is 0 Å². The van der Waals surface area contributed by atoms with Crippen LogP contribution in [0.15, 0.2) is 194 Å². The molecule has 9 rings (SSSR count). The smallest absolute Gasteiger partial charge is 0.188 e. The first-order chi connectivity index (χ1) is 28.8. The van der Waals surface area contributed by atoms with Crippen molar-refractivity contribution in [3.05, 3.63) is 194 Å². The van der Waals surface area contributed by atoms with E-state index in [1.807, 2.05) is 0 Å². The zero-order chi connectivity index (χ0) is 44.7. The van der Waals surface area contributed by atoms with E-state index >= 15 is 0 Å². The van der Waals surface area contributed by atoms with Gasteiger partial charge in [0.25, 0.3) is 11.6 Å². The molecule has 0 aliphatic carbocycles. The van der Waals surface area contributed by atoms with Crippen LogP contribution in [0.5, 0.6) is 0 Å². The first-order valence-corrected chi connectivity index (χ1v) is 22.4. The van der Waals surface area contributed by atoms with Crippen molar-refractivity contribution in [2.75, 3.05) is 0 Å². The summed E-state index contributed by atoms with van der Waals surface area (Å²) < 4.78 is 128. The van der Waals surface area contributed by atoms with Gasteiger partial charge < -0.3 is 0 Å². The summed E-state index contributed by atoms with van der Waals surface area (Å²) in [6.07, 6.45) is 0. The van der Waals surface area contributed by atoms with Gasteiger partial charge >= 0.3 is 66.0 Å². The van der Waals surface area contributed by atoms with Crippen LogP contribution in [-0.4, -0.2) is 9.13 Å². The maximum Gasteiger partial charge on any atom is 0.300 e. The second-order valence-electron chi connectivity index (χ2n) is 13.8. The van der Waals surface area contributed by atoms with Gasteiger partial charge in [0.1, 0.15) is 22.7 Å². The number of hydrogen-bond acceptors (Lipinski definition) is 0. The Morgan fingerprint density at radius 2 is 0.532 bits per heavy atom. The Morgan fingerprint density at radius 1 is 0.290 bits per heavy atom. The number of benzene rings is 7. The third-order valence-corrected chi connectivity index (χ3v) is 9.03. The third-order valence-electron chi connectivity index (χ3n) is 9.03. The molecule has 0 saturated carbocycles. The van der Waals surface area contributed by atoms with Crippen molar-refractivity contribution in [1.82, 2.24) is 9.13 Å². The van der Waals surface area contributed by atoms with Gasteiger partial charge in [0.15, 0.2) is 22.1 Å². The van der Waals surface area contributed by atoms with E-state index in [4.69, 9.17) is 0 Å².